The zero-order valence-electron chi connectivity index (χ0n) is 13.7. The van der Waals surface area contributed by atoms with E-state index >= 15 is 0 Å². The van der Waals surface area contributed by atoms with Crippen LogP contribution in [0, 0.1) is 11.8 Å². The van der Waals surface area contributed by atoms with Crippen molar-refractivity contribution >= 4 is 14.3 Å². The van der Waals surface area contributed by atoms with Gasteiger partial charge in [0.25, 0.3) is 0 Å². The Labute approximate surface area is 119 Å². The highest BCUT2D eigenvalue weighted by Gasteiger charge is 2.47. The fraction of sp³-hybridized carbons (Fsp3) is 0.933. The molecule has 1 aliphatic rings. The molecular weight excluding hydrogens is 256 g/mol. The molecule has 1 heterocycles. The molecule has 4 heteroatoms. The number of hydrogen-bond acceptors (Lipinski definition) is 3. The van der Waals surface area contributed by atoms with Crippen molar-refractivity contribution in [1.29, 1.82) is 0 Å². The van der Waals surface area contributed by atoms with Crippen LogP contribution in [0.15, 0.2) is 0 Å². The molecule has 1 rings (SSSR count). The van der Waals surface area contributed by atoms with E-state index in [1.807, 2.05) is 6.92 Å². The maximum absolute atomic E-state index is 12.0. The van der Waals surface area contributed by atoms with E-state index in [-0.39, 0.29) is 35.1 Å². The molecule has 4 atom stereocenters. The average molecular weight is 286 g/mol. The minimum atomic E-state index is -1.86. The summed E-state index contributed by atoms with van der Waals surface area (Å²) in [6.07, 6.45) is 0.849. The summed E-state index contributed by atoms with van der Waals surface area (Å²) < 4.78 is 12.0. The second-order valence-electron chi connectivity index (χ2n) is 7.37. The van der Waals surface area contributed by atoms with Gasteiger partial charge in [-0.25, -0.2) is 0 Å². The lowest BCUT2D eigenvalue weighted by Crippen LogP contribution is -2.54. The Morgan fingerprint density at radius 3 is 2.21 bits per heavy atom. The van der Waals surface area contributed by atoms with Crippen LogP contribution < -0.4 is 0 Å². The van der Waals surface area contributed by atoms with Crippen LogP contribution in [0.3, 0.4) is 0 Å². The lowest BCUT2D eigenvalue weighted by molar-refractivity contribution is -0.176. The van der Waals surface area contributed by atoms with Crippen LogP contribution >= 0.6 is 0 Å². The normalized spacial score (nSPS) is 33.2. The molecule has 0 bridgehead atoms. The first-order valence-corrected chi connectivity index (χ1v) is 10.3. The largest absolute Gasteiger partial charge is 0.462 e. The number of carbonyl (C=O) groups is 1. The first kappa shape index (κ1) is 16.7. The number of carbonyl (C=O) groups excluding carboxylic acids is 1. The maximum Gasteiger partial charge on any atom is 0.311 e. The molecule has 0 aromatic heterocycles. The van der Waals surface area contributed by atoms with Gasteiger partial charge in [-0.15, -0.1) is 0 Å². The number of rotatable bonds is 3. The molecule has 0 aromatic carbocycles. The molecule has 1 fully saturated rings. The van der Waals surface area contributed by atoms with E-state index in [2.05, 4.69) is 47.7 Å². The third-order valence-corrected chi connectivity index (χ3v) is 9.35. The monoisotopic (exact) mass is 286 g/mol. The van der Waals surface area contributed by atoms with Crippen molar-refractivity contribution in [3.05, 3.63) is 0 Å². The van der Waals surface area contributed by atoms with Gasteiger partial charge in [0.15, 0.2) is 8.32 Å². The Morgan fingerprint density at radius 2 is 1.79 bits per heavy atom. The molecule has 0 aromatic rings. The lowest BCUT2D eigenvalue weighted by Gasteiger charge is -2.46. The van der Waals surface area contributed by atoms with Crippen LogP contribution in [0.25, 0.3) is 0 Å². The van der Waals surface area contributed by atoms with Crippen LogP contribution in [0.2, 0.25) is 18.1 Å². The van der Waals surface area contributed by atoms with Crippen molar-refractivity contribution < 1.29 is 14.0 Å². The topological polar surface area (TPSA) is 35.5 Å². The van der Waals surface area contributed by atoms with Crippen molar-refractivity contribution in [3.63, 3.8) is 0 Å². The molecule has 0 N–H and O–H groups in total. The molecule has 3 nitrogen and oxygen atoms in total. The highest BCUT2D eigenvalue weighted by atomic mass is 28.4. The number of ether oxygens (including phenoxy) is 1. The standard InChI is InChI=1S/C15H30O3Si/c1-9-12-10(2)13(11(3)14(16)17-12)18-19(7,8)15(4,5)6/h10-13H,9H2,1-8H3/t10-,11-,12+,13-/m0/s1. The van der Waals surface area contributed by atoms with Crippen LogP contribution in [0.1, 0.15) is 48.0 Å². The number of cyclic esters (lactones) is 1. The Bertz CT molecular complexity index is 333. The molecule has 0 saturated carbocycles. The van der Waals surface area contributed by atoms with Gasteiger partial charge in [-0.3, -0.25) is 4.79 Å². The second-order valence-corrected chi connectivity index (χ2v) is 12.1. The lowest BCUT2D eigenvalue weighted by atomic mass is 9.85. The molecule has 0 spiro atoms. The first-order valence-electron chi connectivity index (χ1n) is 7.39. The van der Waals surface area contributed by atoms with Crippen molar-refractivity contribution in [1.82, 2.24) is 0 Å². The van der Waals surface area contributed by atoms with Crippen LogP contribution in [-0.4, -0.2) is 26.5 Å². The highest BCUT2D eigenvalue weighted by Crippen LogP contribution is 2.41. The summed E-state index contributed by atoms with van der Waals surface area (Å²) in [4.78, 5) is 12.0. The number of hydrogen-bond donors (Lipinski definition) is 0. The smallest absolute Gasteiger partial charge is 0.311 e. The Hall–Kier alpha value is -0.353. The van der Waals surface area contributed by atoms with Crippen LogP contribution in [-0.2, 0) is 14.0 Å². The second kappa shape index (κ2) is 5.56. The summed E-state index contributed by atoms with van der Waals surface area (Å²) in [6.45, 7) is 17.3. The van der Waals surface area contributed by atoms with E-state index in [0.29, 0.717) is 0 Å². The minimum absolute atomic E-state index is 0.00142. The van der Waals surface area contributed by atoms with Crippen LogP contribution in [0.5, 0.6) is 0 Å². The summed E-state index contributed by atoms with van der Waals surface area (Å²) in [5.41, 5.74) is 0. The predicted octanol–water partition coefficient (Wildman–Crippen LogP) is 3.98. The van der Waals surface area contributed by atoms with E-state index in [0.717, 1.165) is 6.42 Å². The van der Waals surface area contributed by atoms with Gasteiger partial charge in [-0.05, 0) is 31.5 Å². The molecule has 1 saturated heterocycles. The minimum Gasteiger partial charge on any atom is -0.462 e. The average Bonchev–Trinajstić information content (AvgIpc) is 2.27. The Balaban J connectivity index is 2.93. The molecule has 0 aliphatic carbocycles. The fourth-order valence-corrected chi connectivity index (χ4v) is 3.80. The molecule has 19 heavy (non-hydrogen) atoms. The Kier molecular flexibility index (Phi) is 4.89. The van der Waals surface area contributed by atoms with Crippen molar-refractivity contribution in [2.45, 2.75) is 78.3 Å². The van der Waals surface area contributed by atoms with Crippen molar-refractivity contribution in [3.8, 4) is 0 Å². The van der Waals surface area contributed by atoms with Gasteiger partial charge in [0.05, 0.1) is 12.0 Å². The molecule has 112 valence electrons. The molecule has 1 aliphatic heterocycles. The van der Waals surface area contributed by atoms with Gasteiger partial charge in [-0.2, -0.15) is 0 Å². The van der Waals surface area contributed by atoms with Crippen molar-refractivity contribution in [2.75, 3.05) is 0 Å². The maximum atomic E-state index is 12.0. The molecule has 0 radical (unpaired) electrons. The van der Waals surface area contributed by atoms with Gasteiger partial charge in [0.1, 0.15) is 6.10 Å². The van der Waals surface area contributed by atoms with Gasteiger partial charge in [0, 0.05) is 5.92 Å². The zero-order valence-corrected chi connectivity index (χ0v) is 14.7. The fourth-order valence-electron chi connectivity index (χ4n) is 2.35. The molecule has 0 unspecified atom stereocenters. The zero-order chi connectivity index (χ0) is 15.0. The van der Waals surface area contributed by atoms with E-state index < -0.39 is 8.32 Å². The number of esters is 1. The summed E-state index contributed by atoms with van der Waals surface area (Å²) in [5.74, 6) is 0.00686. The SMILES string of the molecule is CC[C@H]1OC(=O)[C@@H](C)[C@@H](O[Si](C)(C)C(C)(C)C)[C@H]1C. The van der Waals surface area contributed by atoms with Gasteiger partial charge < -0.3 is 9.16 Å². The first-order chi connectivity index (χ1) is 8.51. The van der Waals surface area contributed by atoms with E-state index in [1.165, 1.54) is 0 Å². The third kappa shape index (κ3) is 3.40. The van der Waals surface area contributed by atoms with E-state index in [1.54, 1.807) is 0 Å². The van der Waals surface area contributed by atoms with Gasteiger partial charge in [-0.1, -0.05) is 34.6 Å². The summed E-state index contributed by atoms with van der Waals surface area (Å²) >= 11 is 0. The van der Waals surface area contributed by atoms with Gasteiger partial charge >= 0.3 is 5.97 Å². The van der Waals surface area contributed by atoms with Gasteiger partial charge in [0.2, 0.25) is 0 Å². The molecular formula is C15H30O3Si. The summed E-state index contributed by atoms with van der Waals surface area (Å²) in [7, 11) is -1.86. The summed E-state index contributed by atoms with van der Waals surface area (Å²) in [5, 5.41) is 0.162. The van der Waals surface area contributed by atoms with E-state index in [4.69, 9.17) is 9.16 Å². The molecule has 0 amide bonds. The van der Waals surface area contributed by atoms with Crippen LogP contribution in [0.4, 0.5) is 0 Å². The van der Waals surface area contributed by atoms with E-state index in [9.17, 15) is 4.79 Å². The van der Waals surface area contributed by atoms with Crippen molar-refractivity contribution in [2.24, 2.45) is 11.8 Å². The highest BCUT2D eigenvalue weighted by molar-refractivity contribution is 6.74. The third-order valence-electron chi connectivity index (χ3n) is 4.88. The quantitative estimate of drug-likeness (QED) is 0.581. The predicted molar refractivity (Wildman–Crippen MR) is 80.6 cm³/mol. The summed E-state index contributed by atoms with van der Waals surface area (Å²) in [6, 6.07) is 0. The Morgan fingerprint density at radius 1 is 1.26 bits per heavy atom.